The van der Waals surface area contributed by atoms with Gasteiger partial charge >= 0.3 is 6.03 Å². The van der Waals surface area contributed by atoms with E-state index in [1.54, 1.807) is 6.20 Å². The summed E-state index contributed by atoms with van der Waals surface area (Å²) in [6.45, 7) is 7.42. The topological polar surface area (TPSA) is 54.5 Å². The molecule has 132 valence electrons. The smallest absolute Gasteiger partial charge is 0.317 e. The van der Waals surface area contributed by atoms with E-state index in [1.807, 2.05) is 23.1 Å². The average molecular weight is 331 g/mol. The molecular formula is C19H29N3O2. The number of ether oxygens (including phenoxy) is 1. The van der Waals surface area contributed by atoms with Gasteiger partial charge in [0.25, 0.3) is 0 Å². The summed E-state index contributed by atoms with van der Waals surface area (Å²) in [6, 6.07) is 5.95. The van der Waals surface area contributed by atoms with Crippen molar-refractivity contribution >= 4 is 6.03 Å². The van der Waals surface area contributed by atoms with Crippen LogP contribution in [0.2, 0.25) is 0 Å². The number of nitrogens with zero attached hydrogens (tertiary/aromatic N) is 2. The molecule has 0 atom stereocenters. The summed E-state index contributed by atoms with van der Waals surface area (Å²) in [5.74, 6) is 0.642. The Hall–Kier alpha value is -1.62. The number of pyridine rings is 1. The van der Waals surface area contributed by atoms with Crippen molar-refractivity contribution in [1.82, 2.24) is 15.2 Å². The Morgan fingerprint density at radius 1 is 1.38 bits per heavy atom. The summed E-state index contributed by atoms with van der Waals surface area (Å²) in [5.41, 5.74) is 1.32. The zero-order valence-electron chi connectivity index (χ0n) is 14.8. The van der Waals surface area contributed by atoms with E-state index >= 15 is 0 Å². The van der Waals surface area contributed by atoms with Crippen LogP contribution in [0.3, 0.4) is 0 Å². The van der Waals surface area contributed by atoms with Crippen LogP contribution in [0.4, 0.5) is 4.79 Å². The van der Waals surface area contributed by atoms with E-state index in [9.17, 15) is 4.79 Å². The number of amides is 2. The monoisotopic (exact) mass is 331 g/mol. The van der Waals surface area contributed by atoms with Crippen molar-refractivity contribution in [2.75, 3.05) is 19.6 Å². The molecule has 5 nitrogen and oxygen atoms in total. The lowest BCUT2D eigenvalue weighted by Crippen LogP contribution is -2.47. The number of carbonyl (C=O) groups excluding carboxylic acids is 1. The summed E-state index contributed by atoms with van der Waals surface area (Å²) in [7, 11) is 0. The van der Waals surface area contributed by atoms with E-state index in [-0.39, 0.29) is 12.1 Å². The highest BCUT2D eigenvalue weighted by Crippen LogP contribution is 2.51. The maximum absolute atomic E-state index is 12.3. The van der Waals surface area contributed by atoms with Gasteiger partial charge in [-0.3, -0.25) is 4.98 Å². The average Bonchev–Trinajstić information content (AvgIpc) is 3.41. The molecular weight excluding hydrogens is 302 g/mol. The Morgan fingerprint density at radius 3 is 2.71 bits per heavy atom. The van der Waals surface area contributed by atoms with Crippen molar-refractivity contribution in [3.8, 4) is 0 Å². The quantitative estimate of drug-likeness (QED) is 0.871. The number of aromatic nitrogens is 1. The van der Waals surface area contributed by atoms with Crippen molar-refractivity contribution in [2.45, 2.75) is 52.2 Å². The molecule has 1 saturated carbocycles. The molecule has 1 saturated heterocycles. The molecule has 0 bridgehead atoms. The molecule has 2 aliphatic rings. The minimum absolute atomic E-state index is 0.0881. The lowest BCUT2D eigenvalue weighted by atomic mass is 9.92. The lowest BCUT2D eigenvalue weighted by Gasteiger charge is -2.32. The van der Waals surface area contributed by atoms with Crippen LogP contribution in [0.15, 0.2) is 24.4 Å². The van der Waals surface area contributed by atoms with Crippen molar-refractivity contribution in [2.24, 2.45) is 11.3 Å². The predicted molar refractivity (Wildman–Crippen MR) is 93.5 cm³/mol. The van der Waals surface area contributed by atoms with Crippen LogP contribution in [0, 0.1) is 11.3 Å². The van der Waals surface area contributed by atoms with Gasteiger partial charge in [-0.15, -0.1) is 0 Å². The van der Waals surface area contributed by atoms with Crippen LogP contribution in [-0.4, -0.2) is 41.7 Å². The normalized spacial score (nSPS) is 20.2. The molecule has 2 amide bonds. The van der Waals surface area contributed by atoms with Crippen molar-refractivity contribution < 1.29 is 9.53 Å². The van der Waals surface area contributed by atoms with E-state index in [0.29, 0.717) is 17.9 Å². The fraction of sp³-hybridized carbons (Fsp3) is 0.684. The van der Waals surface area contributed by atoms with Crippen molar-refractivity contribution in [3.05, 3.63) is 30.1 Å². The Balaban J connectivity index is 1.36. The van der Waals surface area contributed by atoms with Crippen LogP contribution in [0.5, 0.6) is 0 Å². The van der Waals surface area contributed by atoms with Crippen LogP contribution in [0.1, 0.15) is 45.2 Å². The van der Waals surface area contributed by atoms with Crippen LogP contribution in [0.25, 0.3) is 0 Å². The SMILES string of the molecule is CC(C)C1(CNC(=O)N2CCC(OCc3ccccn3)CC2)CC1. The third kappa shape index (κ3) is 4.26. The Labute approximate surface area is 144 Å². The fourth-order valence-corrected chi connectivity index (χ4v) is 3.39. The highest BCUT2D eigenvalue weighted by molar-refractivity contribution is 5.74. The first kappa shape index (κ1) is 17.2. The third-order valence-corrected chi connectivity index (χ3v) is 5.63. The molecule has 2 heterocycles. The number of rotatable bonds is 6. The van der Waals surface area contributed by atoms with Gasteiger partial charge in [-0.2, -0.15) is 0 Å². The minimum atomic E-state index is 0.0881. The van der Waals surface area contributed by atoms with E-state index in [4.69, 9.17) is 4.74 Å². The molecule has 3 rings (SSSR count). The number of hydrogen-bond donors (Lipinski definition) is 1. The van der Waals surface area contributed by atoms with E-state index in [1.165, 1.54) is 12.8 Å². The molecule has 2 fully saturated rings. The zero-order valence-corrected chi connectivity index (χ0v) is 14.8. The van der Waals surface area contributed by atoms with E-state index in [0.717, 1.165) is 38.2 Å². The maximum atomic E-state index is 12.3. The second-order valence-corrected chi connectivity index (χ2v) is 7.49. The van der Waals surface area contributed by atoms with E-state index < -0.39 is 0 Å². The summed E-state index contributed by atoms with van der Waals surface area (Å²) >= 11 is 0. The van der Waals surface area contributed by atoms with Gasteiger partial charge in [-0.1, -0.05) is 19.9 Å². The fourth-order valence-electron chi connectivity index (χ4n) is 3.39. The summed E-state index contributed by atoms with van der Waals surface area (Å²) in [4.78, 5) is 18.5. The summed E-state index contributed by atoms with van der Waals surface area (Å²) < 4.78 is 5.93. The second-order valence-electron chi connectivity index (χ2n) is 7.49. The molecule has 24 heavy (non-hydrogen) atoms. The molecule has 0 aromatic carbocycles. The maximum Gasteiger partial charge on any atom is 0.317 e. The molecule has 1 N–H and O–H groups in total. The first-order valence-corrected chi connectivity index (χ1v) is 9.13. The van der Waals surface area contributed by atoms with Crippen molar-refractivity contribution in [3.63, 3.8) is 0 Å². The molecule has 1 aliphatic heterocycles. The Kier molecular flexibility index (Phi) is 5.39. The zero-order chi connectivity index (χ0) is 17.0. The first-order chi connectivity index (χ1) is 11.6. The molecule has 0 unspecified atom stereocenters. The van der Waals surface area contributed by atoms with Gasteiger partial charge in [-0.25, -0.2) is 4.79 Å². The minimum Gasteiger partial charge on any atom is -0.372 e. The van der Waals surface area contributed by atoms with Crippen LogP contribution < -0.4 is 5.32 Å². The van der Waals surface area contributed by atoms with Crippen molar-refractivity contribution in [1.29, 1.82) is 0 Å². The van der Waals surface area contributed by atoms with Gasteiger partial charge in [-0.05, 0) is 49.1 Å². The summed E-state index contributed by atoms with van der Waals surface area (Å²) in [5, 5.41) is 3.15. The van der Waals surface area contributed by atoms with E-state index in [2.05, 4.69) is 24.1 Å². The second kappa shape index (κ2) is 7.51. The largest absolute Gasteiger partial charge is 0.372 e. The number of likely N-dealkylation sites (tertiary alicyclic amines) is 1. The Morgan fingerprint density at radius 2 is 2.12 bits per heavy atom. The highest BCUT2D eigenvalue weighted by Gasteiger charge is 2.45. The summed E-state index contributed by atoms with van der Waals surface area (Å²) in [6.07, 6.45) is 6.30. The number of urea groups is 1. The number of piperidine rings is 1. The molecule has 0 spiro atoms. The number of carbonyl (C=O) groups is 1. The molecule has 0 radical (unpaired) electrons. The lowest BCUT2D eigenvalue weighted by molar-refractivity contribution is 0.00297. The number of nitrogens with one attached hydrogen (secondary N) is 1. The number of hydrogen-bond acceptors (Lipinski definition) is 3. The molecule has 5 heteroatoms. The van der Waals surface area contributed by atoms with Gasteiger partial charge in [0.1, 0.15) is 0 Å². The third-order valence-electron chi connectivity index (χ3n) is 5.63. The molecule has 1 aromatic heterocycles. The predicted octanol–water partition coefficient (Wildman–Crippen LogP) is 3.21. The molecule has 1 aromatic rings. The van der Waals surface area contributed by atoms with Gasteiger partial charge in [0.15, 0.2) is 0 Å². The van der Waals surface area contributed by atoms with Crippen LogP contribution >= 0.6 is 0 Å². The van der Waals surface area contributed by atoms with Crippen LogP contribution in [-0.2, 0) is 11.3 Å². The Bertz CT molecular complexity index is 535. The molecule has 1 aliphatic carbocycles. The standard InChI is InChI=1S/C19H29N3O2/c1-15(2)19(8-9-19)14-21-18(23)22-11-6-17(7-12-22)24-13-16-5-3-4-10-20-16/h3-5,10,15,17H,6-9,11-14H2,1-2H3,(H,21,23). The van der Waals surface area contributed by atoms with Gasteiger partial charge < -0.3 is 15.0 Å². The van der Waals surface area contributed by atoms with Gasteiger partial charge in [0, 0.05) is 25.8 Å². The van der Waals surface area contributed by atoms with Gasteiger partial charge in [0.2, 0.25) is 0 Å². The highest BCUT2D eigenvalue weighted by atomic mass is 16.5. The van der Waals surface area contributed by atoms with Gasteiger partial charge in [0.05, 0.1) is 18.4 Å². The first-order valence-electron chi connectivity index (χ1n) is 9.13.